The van der Waals surface area contributed by atoms with Gasteiger partial charge >= 0.3 is 0 Å². The quantitative estimate of drug-likeness (QED) is 0.814. The summed E-state index contributed by atoms with van der Waals surface area (Å²) in [6.07, 6.45) is 10.2. The lowest BCUT2D eigenvalue weighted by atomic mass is 10.0. The molecule has 3 rings (SSSR count). The van der Waals surface area contributed by atoms with Crippen LogP contribution in [-0.2, 0) is 13.1 Å². The van der Waals surface area contributed by atoms with Gasteiger partial charge in [0, 0.05) is 43.4 Å². The molecule has 1 aromatic heterocycles. The summed E-state index contributed by atoms with van der Waals surface area (Å²) in [4.78, 5) is 0. The number of aromatic nitrogens is 1. The van der Waals surface area contributed by atoms with Crippen LogP contribution in [0.25, 0.3) is 0 Å². The van der Waals surface area contributed by atoms with Crippen LogP contribution in [0.4, 0.5) is 0 Å². The van der Waals surface area contributed by atoms with Gasteiger partial charge in [-0.25, -0.2) is 0 Å². The molecule has 0 radical (unpaired) electrons. The molecule has 0 aliphatic heterocycles. The minimum Gasteiger partial charge on any atom is -0.353 e. The zero-order valence-corrected chi connectivity index (χ0v) is 10.2. The highest BCUT2D eigenvalue weighted by molar-refractivity contribution is 5.12. The highest BCUT2D eigenvalue weighted by atomic mass is 15.0. The maximum Gasteiger partial charge on any atom is 0.0628 e. The predicted molar refractivity (Wildman–Crippen MR) is 66.2 cm³/mol. The Kier molecular flexibility index (Phi) is 2.68. The Bertz CT molecular complexity index is 433. The smallest absolute Gasteiger partial charge is 0.0628 e. The van der Waals surface area contributed by atoms with E-state index < -0.39 is 0 Å². The molecule has 2 saturated carbocycles. The zero-order valence-electron chi connectivity index (χ0n) is 10.2. The summed E-state index contributed by atoms with van der Waals surface area (Å²) in [7, 11) is 0. The average Bonchev–Trinajstić information content (AvgIpc) is 3.21. The Morgan fingerprint density at radius 3 is 2.94 bits per heavy atom. The van der Waals surface area contributed by atoms with Crippen LogP contribution in [0.15, 0.2) is 18.5 Å². The highest BCUT2D eigenvalue weighted by Gasteiger charge is 2.42. The van der Waals surface area contributed by atoms with Crippen molar-refractivity contribution in [3.05, 3.63) is 24.0 Å². The van der Waals surface area contributed by atoms with E-state index >= 15 is 0 Å². The molecule has 1 heterocycles. The van der Waals surface area contributed by atoms with E-state index in [1.165, 1.54) is 31.2 Å². The molecule has 3 heteroatoms. The number of nitrogens with zero attached hydrogens (tertiary/aromatic N) is 2. The normalized spacial score (nSPS) is 21.1. The fourth-order valence-electron chi connectivity index (χ4n) is 2.37. The first-order valence-electron chi connectivity index (χ1n) is 6.55. The Hall–Kier alpha value is -1.27. The summed E-state index contributed by atoms with van der Waals surface area (Å²) < 4.78 is 2.26. The standard InChI is InChI=1S/C14H19N3/c15-7-6-14(4-5-14)11-17-8-3-12(10-17)9-16-13-1-2-13/h3,8,10,13,16H,1-2,4-6,9,11H2. The lowest BCUT2D eigenvalue weighted by molar-refractivity contribution is 0.432. The van der Waals surface area contributed by atoms with Crippen LogP contribution < -0.4 is 5.32 Å². The van der Waals surface area contributed by atoms with Gasteiger partial charge in [-0.3, -0.25) is 0 Å². The van der Waals surface area contributed by atoms with Crippen LogP contribution in [0.1, 0.15) is 37.7 Å². The van der Waals surface area contributed by atoms with Crippen molar-refractivity contribution in [1.29, 1.82) is 5.26 Å². The molecule has 0 saturated heterocycles. The van der Waals surface area contributed by atoms with Crippen molar-refractivity contribution in [3.8, 4) is 6.07 Å². The van der Waals surface area contributed by atoms with Gasteiger partial charge in [0.2, 0.25) is 0 Å². The fourth-order valence-corrected chi connectivity index (χ4v) is 2.37. The number of rotatable bonds is 6. The molecule has 2 aliphatic rings. The summed E-state index contributed by atoms with van der Waals surface area (Å²) in [6, 6.07) is 5.28. The first-order chi connectivity index (χ1) is 8.30. The summed E-state index contributed by atoms with van der Waals surface area (Å²) >= 11 is 0. The second-order valence-corrected chi connectivity index (χ2v) is 5.68. The van der Waals surface area contributed by atoms with Crippen molar-refractivity contribution in [1.82, 2.24) is 9.88 Å². The molecule has 0 unspecified atom stereocenters. The van der Waals surface area contributed by atoms with Gasteiger partial charge < -0.3 is 9.88 Å². The largest absolute Gasteiger partial charge is 0.353 e. The number of hydrogen-bond acceptors (Lipinski definition) is 2. The maximum absolute atomic E-state index is 8.81. The molecule has 2 aliphatic carbocycles. The Morgan fingerprint density at radius 1 is 1.47 bits per heavy atom. The molecule has 0 bridgehead atoms. The molecule has 0 atom stereocenters. The fraction of sp³-hybridized carbons (Fsp3) is 0.643. The average molecular weight is 229 g/mol. The van der Waals surface area contributed by atoms with E-state index in [-0.39, 0.29) is 0 Å². The Morgan fingerprint density at radius 2 is 2.29 bits per heavy atom. The summed E-state index contributed by atoms with van der Waals surface area (Å²) in [5.41, 5.74) is 1.67. The molecular weight excluding hydrogens is 210 g/mol. The predicted octanol–water partition coefficient (Wildman–Crippen LogP) is 2.43. The van der Waals surface area contributed by atoms with Gasteiger partial charge in [0.25, 0.3) is 0 Å². The molecule has 90 valence electrons. The second kappa shape index (κ2) is 4.19. The van der Waals surface area contributed by atoms with E-state index in [0.29, 0.717) is 11.8 Å². The Labute approximate surface area is 102 Å². The van der Waals surface area contributed by atoms with Gasteiger partial charge in [-0.1, -0.05) is 0 Å². The van der Waals surface area contributed by atoms with Crippen LogP contribution >= 0.6 is 0 Å². The summed E-state index contributed by atoms with van der Waals surface area (Å²) in [5.74, 6) is 0. The first kappa shape index (κ1) is 10.9. The molecule has 17 heavy (non-hydrogen) atoms. The van der Waals surface area contributed by atoms with Crippen molar-refractivity contribution in [3.63, 3.8) is 0 Å². The van der Waals surface area contributed by atoms with E-state index in [4.69, 9.17) is 5.26 Å². The van der Waals surface area contributed by atoms with Gasteiger partial charge in [0.05, 0.1) is 6.07 Å². The van der Waals surface area contributed by atoms with Crippen LogP contribution in [0.2, 0.25) is 0 Å². The number of nitriles is 1. The molecule has 0 aromatic carbocycles. The molecule has 2 fully saturated rings. The van der Waals surface area contributed by atoms with Crippen LogP contribution in [0.5, 0.6) is 0 Å². The summed E-state index contributed by atoms with van der Waals surface area (Å²) in [5, 5.41) is 12.3. The lowest BCUT2D eigenvalue weighted by Crippen LogP contribution is -2.15. The lowest BCUT2D eigenvalue weighted by Gasteiger charge is -2.11. The van der Waals surface area contributed by atoms with Crippen LogP contribution in [0.3, 0.4) is 0 Å². The monoisotopic (exact) mass is 229 g/mol. The van der Waals surface area contributed by atoms with Crippen molar-refractivity contribution in [2.45, 2.75) is 51.2 Å². The van der Waals surface area contributed by atoms with Crippen molar-refractivity contribution < 1.29 is 0 Å². The zero-order chi connectivity index (χ0) is 11.7. The SMILES string of the molecule is N#CCC1(Cn2ccc(CNC3CC3)c2)CC1. The van der Waals surface area contributed by atoms with E-state index in [1.54, 1.807) is 0 Å². The summed E-state index contributed by atoms with van der Waals surface area (Å²) in [6.45, 7) is 2.01. The third-order valence-corrected chi connectivity index (χ3v) is 3.91. The van der Waals surface area contributed by atoms with Gasteiger partial charge in [0.1, 0.15) is 0 Å². The molecule has 1 N–H and O–H groups in total. The topological polar surface area (TPSA) is 40.8 Å². The number of nitrogens with one attached hydrogen (secondary N) is 1. The molecule has 1 aromatic rings. The van der Waals surface area contributed by atoms with E-state index in [9.17, 15) is 0 Å². The van der Waals surface area contributed by atoms with Gasteiger partial charge in [0.15, 0.2) is 0 Å². The Balaban J connectivity index is 1.54. The molecule has 0 amide bonds. The molecule has 3 nitrogen and oxygen atoms in total. The van der Waals surface area contributed by atoms with E-state index in [0.717, 1.165) is 19.1 Å². The highest BCUT2D eigenvalue weighted by Crippen LogP contribution is 2.49. The minimum absolute atomic E-state index is 0.301. The van der Waals surface area contributed by atoms with Crippen LogP contribution in [-0.4, -0.2) is 10.6 Å². The first-order valence-corrected chi connectivity index (χ1v) is 6.55. The van der Waals surface area contributed by atoms with Crippen molar-refractivity contribution in [2.75, 3.05) is 0 Å². The molecule has 0 spiro atoms. The maximum atomic E-state index is 8.81. The number of hydrogen-bond donors (Lipinski definition) is 1. The third kappa shape index (κ3) is 2.70. The molecular formula is C14H19N3. The van der Waals surface area contributed by atoms with Gasteiger partial charge in [-0.15, -0.1) is 0 Å². The van der Waals surface area contributed by atoms with Gasteiger partial charge in [-0.05, 0) is 37.3 Å². The van der Waals surface area contributed by atoms with E-state index in [1.807, 2.05) is 0 Å². The van der Waals surface area contributed by atoms with Crippen LogP contribution in [0, 0.1) is 16.7 Å². The minimum atomic E-state index is 0.301. The van der Waals surface area contributed by atoms with E-state index in [2.05, 4.69) is 34.4 Å². The third-order valence-electron chi connectivity index (χ3n) is 3.91. The second-order valence-electron chi connectivity index (χ2n) is 5.68. The van der Waals surface area contributed by atoms with Crippen molar-refractivity contribution in [2.24, 2.45) is 5.41 Å². The van der Waals surface area contributed by atoms with Gasteiger partial charge in [-0.2, -0.15) is 5.26 Å². The van der Waals surface area contributed by atoms with Crippen molar-refractivity contribution >= 4 is 0 Å².